The van der Waals surface area contributed by atoms with Gasteiger partial charge in [0, 0.05) is 19.3 Å². The van der Waals surface area contributed by atoms with Crippen molar-refractivity contribution in [2.24, 2.45) is 5.92 Å². The Morgan fingerprint density at radius 2 is 1.71 bits per heavy atom. The Balaban J connectivity index is 2.24. The van der Waals surface area contributed by atoms with Crippen molar-refractivity contribution in [3.63, 3.8) is 0 Å². The van der Waals surface area contributed by atoms with Crippen molar-refractivity contribution in [2.75, 3.05) is 19.3 Å². The van der Waals surface area contributed by atoms with Gasteiger partial charge in [0.1, 0.15) is 11.6 Å². The van der Waals surface area contributed by atoms with Crippen LogP contribution in [-0.2, 0) is 10.0 Å². The molecule has 0 radical (unpaired) electrons. The van der Waals surface area contributed by atoms with Gasteiger partial charge >= 0.3 is 0 Å². The summed E-state index contributed by atoms with van der Waals surface area (Å²) in [7, 11) is -2.83. The van der Waals surface area contributed by atoms with Gasteiger partial charge < -0.3 is 5.73 Å². The number of hydrogen-bond donors (Lipinski definition) is 1. The molecule has 1 aliphatic rings. The maximum atomic E-state index is 13.8. The smallest absolute Gasteiger partial charge is 0.248 e. The summed E-state index contributed by atoms with van der Waals surface area (Å²) < 4.78 is 53.4. The number of nitrogen functional groups attached to an aromatic ring is 1. The van der Waals surface area contributed by atoms with Crippen molar-refractivity contribution in [1.82, 2.24) is 4.31 Å². The maximum Gasteiger partial charge on any atom is 0.248 e. The minimum Gasteiger partial charge on any atom is -0.399 e. The molecule has 2 N–H and O–H groups in total. The Labute approximate surface area is 124 Å². The fourth-order valence-electron chi connectivity index (χ4n) is 2.81. The summed E-state index contributed by atoms with van der Waals surface area (Å²) in [5.41, 5.74) is 5.17. The predicted octanol–water partition coefficient (Wildman–Crippen LogP) is 2.75. The summed E-state index contributed by atoms with van der Waals surface area (Å²) in [5, 5.41) is 0. The Kier molecular flexibility index (Phi) is 4.83. The van der Waals surface area contributed by atoms with Crippen molar-refractivity contribution in [1.29, 1.82) is 0 Å². The van der Waals surface area contributed by atoms with Gasteiger partial charge in [-0.25, -0.2) is 21.5 Å². The lowest BCUT2D eigenvalue weighted by atomic mass is 9.89. The van der Waals surface area contributed by atoms with E-state index in [1.54, 1.807) is 0 Å². The Morgan fingerprint density at radius 3 is 2.24 bits per heavy atom. The zero-order valence-electron chi connectivity index (χ0n) is 12.0. The molecule has 1 aromatic rings. The van der Waals surface area contributed by atoms with E-state index in [2.05, 4.69) is 0 Å². The second-order valence-corrected chi connectivity index (χ2v) is 7.58. The molecule has 4 nitrogen and oxygen atoms in total. The molecule has 1 saturated carbocycles. The Morgan fingerprint density at radius 1 is 1.19 bits per heavy atom. The van der Waals surface area contributed by atoms with Crippen LogP contribution in [0, 0.1) is 17.6 Å². The lowest BCUT2D eigenvalue weighted by Crippen LogP contribution is -2.33. The third kappa shape index (κ3) is 3.52. The van der Waals surface area contributed by atoms with E-state index in [9.17, 15) is 17.2 Å². The molecule has 0 atom stereocenters. The third-order valence-electron chi connectivity index (χ3n) is 3.93. The van der Waals surface area contributed by atoms with Crippen LogP contribution in [0.15, 0.2) is 17.0 Å². The van der Waals surface area contributed by atoms with Crippen LogP contribution >= 0.6 is 0 Å². The summed E-state index contributed by atoms with van der Waals surface area (Å²) >= 11 is 0. The normalized spacial score (nSPS) is 17.3. The zero-order valence-corrected chi connectivity index (χ0v) is 12.8. The van der Waals surface area contributed by atoms with E-state index in [1.165, 1.54) is 7.05 Å². The molecule has 0 spiro atoms. The molecule has 7 heteroatoms. The van der Waals surface area contributed by atoms with Crippen molar-refractivity contribution < 1.29 is 17.2 Å². The van der Waals surface area contributed by atoms with E-state index < -0.39 is 26.6 Å². The monoisotopic (exact) mass is 318 g/mol. The van der Waals surface area contributed by atoms with Crippen molar-refractivity contribution in [3.8, 4) is 0 Å². The number of nitrogens with zero attached hydrogens (tertiary/aromatic N) is 1. The van der Waals surface area contributed by atoms with E-state index in [-0.39, 0.29) is 18.2 Å². The molecule has 21 heavy (non-hydrogen) atoms. The van der Waals surface area contributed by atoms with Crippen LogP contribution < -0.4 is 5.73 Å². The molecule has 118 valence electrons. The Bertz CT molecular complexity index is 590. The second kappa shape index (κ2) is 6.27. The van der Waals surface area contributed by atoms with E-state index in [4.69, 9.17) is 5.73 Å². The van der Waals surface area contributed by atoms with Gasteiger partial charge in [-0.05, 0) is 30.9 Å². The quantitative estimate of drug-likeness (QED) is 0.868. The number of sulfonamides is 1. The Hall–Kier alpha value is -1.21. The molecular weight excluding hydrogens is 298 g/mol. The molecule has 0 heterocycles. The molecule has 1 fully saturated rings. The van der Waals surface area contributed by atoms with Gasteiger partial charge in [0.25, 0.3) is 0 Å². The van der Waals surface area contributed by atoms with Crippen LogP contribution in [0.2, 0.25) is 0 Å². The molecule has 0 saturated heterocycles. The predicted molar refractivity (Wildman–Crippen MR) is 77.2 cm³/mol. The number of halogens is 2. The highest BCUT2D eigenvalue weighted by atomic mass is 32.2. The highest BCUT2D eigenvalue weighted by Gasteiger charge is 2.30. The van der Waals surface area contributed by atoms with Gasteiger partial charge in [-0.1, -0.05) is 19.3 Å². The van der Waals surface area contributed by atoms with Gasteiger partial charge in [-0.2, -0.15) is 0 Å². The van der Waals surface area contributed by atoms with E-state index in [1.807, 2.05) is 0 Å². The standard InChI is InChI=1S/C14H20F2N2O2S/c1-18(9-10-5-3-2-4-6-10)21(19,20)14-12(15)7-11(17)8-13(14)16/h7-8,10H,2-6,9,17H2,1H3. The second-order valence-electron chi connectivity index (χ2n) is 5.60. The molecule has 0 unspecified atom stereocenters. The number of anilines is 1. The van der Waals surface area contributed by atoms with Crippen LogP contribution in [0.25, 0.3) is 0 Å². The first kappa shape index (κ1) is 16.2. The molecule has 0 amide bonds. The summed E-state index contributed by atoms with van der Waals surface area (Å²) in [6.45, 7) is 0.283. The summed E-state index contributed by atoms with van der Waals surface area (Å²) in [6, 6.07) is 1.65. The van der Waals surface area contributed by atoms with E-state index in [0.29, 0.717) is 0 Å². The number of hydrogen-bond acceptors (Lipinski definition) is 3. The molecule has 0 aromatic heterocycles. The van der Waals surface area contributed by atoms with Crippen LogP contribution in [0.5, 0.6) is 0 Å². The van der Waals surface area contributed by atoms with Crippen molar-refractivity contribution in [3.05, 3.63) is 23.8 Å². The molecule has 2 rings (SSSR count). The van der Waals surface area contributed by atoms with Crippen LogP contribution in [0.4, 0.5) is 14.5 Å². The maximum absolute atomic E-state index is 13.8. The fourth-order valence-corrected chi connectivity index (χ4v) is 4.14. The molecule has 0 aliphatic heterocycles. The summed E-state index contributed by atoms with van der Waals surface area (Å²) in [6.07, 6.45) is 5.21. The minimum absolute atomic E-state index is 0.140. The SMILES string of the molecule is CN(CC1CCCCC1)S(=O)(=O)c1c(F)cc(N)cc1F. The summed E-state index contributed by atoms with van der Waals surface area (Å²) in [4.78, 5) is -0.921. The van der Waals surface area contributed by atoms with Crippen molar-refractivity contribution >= 4 is 15.7 Å². The van der Waals surface area contributed by atoms with Gasteiger partial charge in [-0.15, -0.1) is 0 Å². The van der Waals surface area contributed by atoms with Gasteiger partial charge in [0.05, 0.1) is 0 Å². The van der Waals surface area contributed by atoms with Crippen molar-refractivity contribution in [2.45, 2.75) is 37.0 Å². The van der Waals surface area contributed by atoms with Gasteiger partial charge in [0.2, 0.25) is 10.0 Å². The average Bonchev–Trinajstić information content (AvgIpc) is 2.38. The lowest BCUT2D eigenvalue weighted by molar-refractivity contribution is 0.299. The molecule has 0 bridgehead atoms. The molecular formula is C14H20F2N2O2S. The van der Waals surface area contributed by atoms with E-state index >= 15 is 0 Å². The van der Waals surface area contributed by atoms with Gasteiger partial charge in [-0.3, -0.25) is 0 Å². The first-order valence-corrected chi connectivity index (χ1v) is 8.47. The summed E-state index contributed by atoms with van der Waals surface area (Å²) in [5.74, 6) is -2.05. The minimum atomic E-state index is -4.19. The zero-order chi connectivity index (χ0) is 15.6. The van der Waals surface area contributed by atoms with Crippen LogP contribution in [-0.4, -0.2) is 26.3 Å². The molecule has 1 aliphatic carbocycles. The lowest BCUT2D eigenvalue weighted by Gasteiger charge is -2.26. The topological polar surface area (TPSA) is 63.4 Å². The van der Waals surface area contributed by atoms with Crippen LogP contribution in [0.1, 0.15) is 32.1 Å². The molecule has 1 aromatic carbocycles. The number of rotatable bonds is 4. The third-order valence-corrected chi connectivity index (χ3v) is 5.80. The number of benzene rings is 1. The van der Waals surface area contributed by atoms with E-state index in [0.717, 1.165) is 48.5 Å². The number of nitrogens with two attached hydrogens (primary N) is 1. The van der Waals surface area contributed by atoms with Gasteiger partial charge in [0.15, 0.2) is 4.90 Å². The highest BCUT2D eigenvalue weighted by Crippen LogP contribution is 2.28. The fraction of sp³-hybridized carbons (Fsp3) is 0.571. The first-order chi connectivity index (χ1) is 9.82. The average molecular weight is 318 g/mol. The first-order valence-electron chi connectivity index (χ1n) is 7.03. The highest BCUT2D eigenvalue weighted by molar-refractivity contribution is 7.89. The largest absolute Gasteiger partial charge is 0.399 e. The van der Waals surface area contributed by atoms with Crippen LogP contribution in [0.3, 0.4) is 0 Å².